The molecule has 0 saturated carbocycles. The van der Waals surface area contributed by atoms with Crippen LogP contribution in [0.4, 0.5) is 15.3 Å². The van der Waals surface area contributed by atoms with Crippen molar-refractivity contribution in [3.63, 3.8) is 0 Å². The van der Waals surface area contributed by atoms with Gasteiger partial charge in [-0.3, -0.25) is 0 Å². The Morgan fingerprint density at radius 3 is 2.21 bits per heavy atom. The van der Waals surface area contributed by atoms with Crippen LogP contribution in [0, 0.1) is 0 Å². The predicted molar refractivity (Wildman–Crippen MR) is 113 cm³/mol. The zero-order valence-corrected chi connectivity index (χ0v) is 18.3. The Hall–Kier alpha value is -2.26. The van der Waals surface area contributed by atoms with Crippen molar-refractivity contribution in [2.24, 2.45) is 0 Å². The molecule has 160 valence electrons. The monoisotopic (exact) mass is 405 g/mol. The van der Waals surface area contributed by atoms with Crippen LogP contribution in [-0.2, 0) is 14.0 Å². The van der Waals surface area contributed by atoms with E-state index in [4.69, 9.17) is 14.0 Å². The average Bonchev–Trinajstić information content (AvgIpc) is 2.78. The molecule has 8 nitrogen and oxygen atoms in total. The van der Waals surface area contributed by atoms with Crippen molar-refractivity contribution in [2.45, 2.75) is 65.3 Å². The summed E-state index contributed by atoms with van der Waals surface area (Å²) in [5, 5.41) is 8.03. The lowest BCUT2D eigenvalue weighted by Crippen LogP contribution is -2.41. The molecule has 1 heterocycles. The molecular formula is C20H32BN3O5. The van der Waals surface area contributed by atoms with Gasteiger partial charge < -0.3 is 30.0 Å². The number of alkyl carbamates (subject to hydrolysis) is 1. The molecule has 0 radical (unpaired) electrons. The quantitative estimate of drug-likeness (QED) is 0.517. The van der Waals surface area contributed by atoms with Crippen LogP contribution in [0.25, 0.3) is 0 Å². The summed E-state index contributed by atoms with van der Waals surface area (Å²) < 4.78 is 17.2. The number of hydrogen-bond acceptors (Lipinski definition) is 5. The summed E-state index contributed by atoms with van der Waals surface area (Å²) in [5.74, 6) is 0. The van der Waals surface area contributed by atoms with Gasteiger partial charge in [0, 0.05) is 18.8 Å². The lowest BCUT2D eigenvalue weighted by atomic mass is 9.79. The number of anilines is 1. The summed E-state index contributed by atoms with van der Waals surface area (Å²) in [7, 11) is -0.497. The number of hydrogen-bond donors (Lipinski definition) is 3. The van der Waals surface area contributed by atoms with Crippen LogP contribution in [0.2, 0.25) is 0 Å². The fourth-order valence-electron chi connectivity index (χ4n) is 2.57. The zero-order chi connectivity index (χ0) is 21.9. The van der Waals surface area contributed by atoms with Crippen LogP contribution in [0.3, 0.4) is 0 Å². The summed E-state index contributed by atoms with van der Waals surface area (Å²) in [6, 6.07) is 6.96. The van der Waals surface area contributed by atoms with Gasteiger partial charge in [0.1, 0.15) is 5.60 Å². The van der Waals surface area contributed by atoms with E-state index in [9.17, 15) is 9.59 Å². The Labute approximate surface area is 173 Å². The summed E-state index contributed by atoms with van der Waals surface area (Å²) in [5.41, 5.74) is 0.0268. The number of urea groups is 1. The molecule has 1 aliphatic heterocycles. The molecule has 0 aromatic heterocycles. The van der Waals surface area contributed by atoms with Crippen molar-refractivity contribution in [3.05, 3.63) is 24.3 Å². The number of amides is 3. The molecule has 9 heteroatoms. The van der Waals surface area contributed by atoms with Gasteiger partial charge in [-0.25, -0.2) is 9.59 Å². The van der Waals surface area contributed by atoms with Gasteiger partial charge in [-0.15, -0.1) is 0 Å². The van der Waals surface area contributed by atoms with E-state index in [0.29, 0.717) is 5.69 Å². The summed E-state index contributed by atoms with van der Waals surface area (Å²) in [6.45, 7) is 13.9. The van der Waals surface area contributed by atoms with Crippen LogP contribution in [-0.4, -0.2) is 49.1 Å². The summed E-state index contributed by atoms with van der Waals surface area (Å²) >= 11 is 0. The molecule has 29 heavy (non-hydrogen) atoms. The molecule has 0 aliphatic carbocycles. The first-order valence-electron chi connectivity index (χ1n) is 9.76. The topological polar surface area (TPSA) is 97.9 Å². The van der Waals surface area contributed by atoms with Crippen molar-refractivity contribution in [1.82, 2.24) is 10.6 Å². The maximum Gasteiger partial charge on any atom is 0.494 e. The van der Waals surface area contributed by atoms with E-state index >= 15 is 0 Å². The van der Waals surface area contributed by atoms with E-state index in [2.05, 4.69) is 16.0 Å². The zero-order valence-electron chi connectivity index (χ0n) is 18.3. The molecule has 0 atom stereocenters. The highest BCUT2D eigenvalue weighted by atomic mass is 16.7. The van der Waals surface area contributed by atoms with E-state index in [1.54, 1.807) is 26.8 Å². The van der Waals surface area contributed by atoms with E-state index in [0.717, 1.165) is 5.46 Å². The molecule has 1 saturated heterocycles. The van der Waals surface area contributed by atoms with Crippen molar-refractivity contribution in [1.29, 1.82) is 0 Å². The van der Waals surface area contributed by atoms with E-state index in [1.807, 2.05) is 45.9 Å². The number of carbonyl (C=O) groups excluding carboxylic acids is 2. The van der Waals surface area contributed by atoms with Crippen LogP contribution in [0.15, 0.2) is 24.3 Å². The number of nitrogens with one attached hydrogen (secondary N) is 3. The van der Waals surface area contributed by atoms with Gasteiger partial charge in [0.2, 0.25) is 0 Å². The minimum atomic E-state index is -0.558. The van der Waals surface area contributed by atoms with Crippen molar-refractivity contribution >= 4 is 30.4 Å². The molecule has 2 rings (SSSR count). The fourth-order valence-corrected chi connectivity index (χ4v) is 2.57. The van der Waals surface area contributed by atoms with Gasteiger partial charge in [0.25, 0.3) is 0 Å². The molecule has 1 aromatic rings. The molecule has 1 aliphatic rings. The van der Waals surface area contributed by atoms with Gasteiger partial charge in [0.05, 0.1) is 11.2 Å². The Morgan fingerprint density at radius 1 is 1.03 bits per heavy atom. The van der Waals surface area contributed by atoms with Crippen LogP contribution < -0.4 is 21.4 Å². The first kappa shape index (κ1) is 23.0. The number of carbonyl (C=O) groups is 2. The van der Waals surface area contributed by atoms with Gasteiger partial charge in [0.15, 0.2) is 0 Å². The Balaban J connectivity index is 1.82. The molecule has 0 unspecified atom stereocenters. The molecule has 1 aromatic carbocycles. The van der Waals surface area contributed by atoms with Crippen molar-refractivity contribution < 1.29 is 23.6 Å². The maximum atomic E-state index is 12.1. The van der Waals surface area contributed by atoms with Crippen molar-refractivity contribution in [2.75, 3.05) is 18.4 Å². The number of ether oxygens (including phenoxy) is 1. The number of rotatable bonds is 5. The third-order valence-electron chi connectivity index (χ3n) is 4.75. The minimum Gasteiger partial charge on any atom is -0.444 e. The fraction of sp³-hybridized carbons (Fsp3) is 0.600. The van der Waals surface area contributed by atoms with Gasteiger partial charge in [-0.1, -0.05) is 12.1 Å². The Morgan fingerprint density at radius 2 is 1.62 bits per heavy atom. The normalized spacial score (nSPS) is 17.6. The van der Waals surface area contributed by atoms with E-state index in [-0.39, 0.29) is 19.1 Å². The third kappa shape index (κ3) is 6.64. The second kappa shape index (κ2) is 8.63. The molecule has 3 amide bonds. The minimum absolute atomic E-state index is 0.260. The third-order valence-corrected chi connectivity index (χ3v) is 4.75. The van der Waals surface area contributed by atoms with Gasteiger partial charge >= 0.3 is 19.2 Å². The van der Waals surface area contributed by atoms with Crippen molar-refractivity contribution in [3.8, 4) is 0 Å². The first-order chi connectivity index (χ1) is 13.3. The second-order valence-electron chi connectivity index (χ2n) is 9.02. The summed E-state index contributed by atoms with van der Waals surface area (Å²) in [6.07, 6.45) is -0.519. The second-order valence-corrected chi connectivity index (χ2v) is 9.02. The first-order valence-corrected chi connectivity index (χ1v) is 9.76. The molecule has 0 bridgehead atoms. The van der Waals surface area contributed by atoms with Crippen LogP contribution >= 0.6 is 0 Å². The molecular weight excluding hydrogens is 373 g/mol. The lowest BCUT2D eigenvalue weighted by Gasteiger charge is -2.32. The van der Waals surface area contributed by atoms with Crippen LogP contribution in [0.1, 0.15) is 48.5 Å². The predicted octanol–water partition coefficient (Wildman–Crippen LogP) is 2.63. The highest BCUT2D eigenvalue weighted by Crippen LogP contribution is 2.36. The summed E-state index contributed by atoms with van der Waals surface area (Å²) in [4.78, 5) is 23.7. The standard InChI is InChI=1S/C20H32BN3O5/c1-18(2,3)27-17(26)23-12-11-22-16(25)24-15-10-8-9-14(13-15)21-28-19(4,5)20(6,7)29-21/h8-10,13H,11-12H2,1-7H3,(H,23,26)(H2,22,24,25). The highest BCUT2D eigenvalue weighted by Gasteiger charge is 2.51. The van der Waals surface area contributed by atoms with Gasteiger partial charge in [-0.2, -0.15) is 0 Å². The largest absolute Gasteiger partial charge is 0.494 e. The number of benzene rings is 1. The van der Waals surface area contributed by atoms with Gasteiger partial charge in [-0.05, 0) is 66.1 Å². The Bertz CT molecular complexity index is 730. The SMILES string of the molecule is CC(C)(C)OC(=O)NCCNC(=O)Nc1cccc(B2OC(C)(C)C(C)(C)O2)c1. The lowest BCUT2D eigenvalue weighted by molar-refractivity contribution is 0.00578. The van der Waals surface area contributed by atoms with E-state index in [1.165, 1.54) is 0 Å². The molecule has 3 N–H and O–H groups in total. The van der Waals surface area contributed by atoms with Crippen LogP contribution in [0.5, 0.6) is 0 Å². The maximum absolute atomic E-state index is 12.1. The molecule has 0 spiro atoms. The smallest absolute Gasteiger partial charge is 0.444 e. The average molecular weight is 405 g/mol. The Kier molecular flexibility index (Phi) is 6.85. The highest BCUT2D eigenvalue weighted by molar-refractivity contribution is 6.62. The molecule has 1 fully saturated rings. The van der Waals surface area contributed by atoms with E-state index < -0.39 is 30.0 Å².